The fourth-order valence-electron chi connectivity index (χ4n) is 2.27. The lowest BCUT2D eigenvalue weighted by atomic mass is 9.98. The number of furan rings is 1. The highest BCUT2D eigenvalue weighted by molar-refractivity contribution is 6.08. The molecule has 7 nitrogen and oxygen atoms in total. The summed E-state index contributed by atoms with van der Waals surface area (Å²) in [6, 6.07) is 8.26. The summed E-state index contributed by atoms with van der Waals surface area (Å²) in [6.45, 7) is 3.54. The Hall–Kier alpha value is -3.09. The molecule has 2 amide bonds. The lowest BCUT2D eigenvalue weighted by molar-refractivity contribution is -0.309. The van der Waals surface area contributed by atoms with Crippen LogP contribution in [0, 0.1) is 5.92 Å². The van der Waals surface area contributed by atoms with Gasteiger partial charge in [-0.2, -0.15) is 0 Å². The molecule has 0 unspecified atom stereocenters. The van der Waals surface area contributed by atoms with Crippen molar-refractivity contribution in [1.29, 1.82) is 0 Å². The number of amides is 2. The van der Waals surface area contributed by atoms with E-state index in [-0.39, 0.29) is 22.9 Å². The van der Waals surface area contributed by atoms with Crippen LogP contribution in [0.15, 0.2) is 47.1 Å². The maximum atomic E-state index is 12.5. The van der Waals surface area contributed by atoms with Gasteiger partial charge < -0.3 is 25.0 Å². The van der Waals surface area contributed by atoms with Crippen LogP contribution in [0.3, 0.4) is 0 Å². The molecule has 0 radical (unpaired) electrons. The van der Waals surface area contributed by atoms with Crippen molar-refractivity contribution < 1.29 is 23.9 Å². The number of nitrogens with one attached hydrogen (secondary N) is 2. The van der Waals surface area contributed by atoms with Crippen molar-refractivity contribution in [3.63, 3.8) is 0 Å². The van der Waals surface area contributed by atoms with E-state index in [2.05, 4.69) is 10.6 Å². The number of carboxylic acids is 1. The topological polar surface area (TPSA) is 111 Å². The van der Waals surface area contributed by atoms with Crippen LogP contribution in [0.1, 0.15) is 41.2 Å². The molecule has 2 atom stereocenters. The second-order valence-electron chi connectivity index (χ2n) is 5.63. The average Bonchev–Trinajstić information content (AvgIpc) is 3.13. The molecule has 1 aromatic heterocycles. The van der Waals surface area contributed by atoms with E-state index in [4.69, 9.17) is 4.42 Å². The van der Waals surface area contributed by atoms with Gasteiger partial charge >= 0.3 is 0 Å². The standard InChI is InChI=1S/C18H20N2O5/c1-3-11(2)15(18(23)24)20-16(21)12-7-4-5-8-13(12)19-17(22)14-9-6-10-25-14/h4-11,15H,3H2,1-2H3,(H,19,22)(H,20,21)(H,23,24)/p-1/t11-,15-/m0/s1. The summed E-state index contributed by atoms with van der Waals surface area (Å²) >= 11 is 0. The smallest absolute Gasteiger partial charge is 0.291 e. The van der Waals surface area contributed by atoms with E-state index in [1.807, 2.05) is 6.92 Å². The summed E-state index contributed by atoms with van der Waals surface area (Å²) in [7, 11) is 0. The molecule has 0 aliphatic heterocycles. The number of aliphatic carboxylic acids is 1. The first-order valence-electron chi connectivity index (χ1n) is 7.89. The van der Waals surface area contributed by atoms with Gasteiger partial charge in [0.15, 0.2) is 5.76 Å². The fraction of sp³-hybridized carbons (Fsp3) is 0.278. The number of carbonyl (C=O) groups is 3. The van der Waals surface area contributed by atoms with Gasteiger partial charge in [0.05, 0.1) is 29.5 Å². The van der Waals surface area contributed by atoms with Crippen LogP contribution in [0.4, 0.5) is 5.69 Å². The minimum atomic E-state index is -1.35. The monoisotopic (exact) mass is 343 g/mol. The number of hydrogen-bond donors (Lipinski definition) is 2. The molecule has 0 bridgehead atoms. The van der Waals surface area contributed by atoms with Gasteiger partial charge in [-0.05, 0) is 30.2 Å². The molecular weight excluding hydrogens is 324 g/mol. The summed E-state index contributed by atoms with van der Waals surface area (Å²) in [5.74, 6) is -2.66. The molecule has 0 aliphatic carbocycles. The van der Waals surface area contributed by atoms with Gasteiger partial charge in [-0.3, -0.25) is 9.59 Å². The minimum Gasteiger partial charge on any atom is -0.548 e. The highest BCUT2D eigenvalue weighted by Gasteiger charge is 2.22. The number of para-hydroxylation sites is 1. The fourth-order valence-corrected chi connectivity index (χ4v) is 2.27. The first-order valence-corrected chi connectivity index (χ1v) is 7.89. The van der Waals surface area contributed by atoms with Gasteiger partial charge in [0.1, 0.15) is 0 Å². The molecule has 1 aromatic carbocycles. The maximum absolute atomic E-state index is 12.5. The molecule has 0 saturated carbocycles. The third kappa shape index (κ3) is 4.47. The Bertz CT molecular complexity index is 755. The molecule has 7 heteroatoms. The number of rotatable bonds is 7. The van der Waals surface area contributed by atoms with E-state index in [1.165, 1.54) is 18.4 Å². The molecule has 25 heavy (non-hydrogen) atoms. The van der Waals surface area contributed by atoms with Crippen LogP contribution < -0.4 is 15.7 Å². The Morgan fingerprint density at radius 2 is 1.84 bits per heavy atom. The number of carbonyl (C=O) groups excluding carboxylic acids is 3. The van der Waals surface area contributed by atoms with Crippen LogP contribution in [0.5, 0.6) is 0 Å². The Morgan fingerprint density at radius 1 is 1.12 bits per heavy atom. The zero-order valence-electron chi connectivity index (χ0n) is 13.9. The first-order chi connectivity index (χ1) is 11.9. The molecule has 0 saturated heterocycles. The Morgan fingerprint density at radius 3 is 2.44 bits per heavy atom. The molecule has 2 rings (SSSR count). The summed E-state index contributed by atoms with van der Waals surface area (Å²) < 4.78 is 5.01. The van der Waals surface area contributed by atoms with E-state index in [1.54, 1.807) is 31.2 Å². The van der Waals surface area contributed by atoms with Crippen molar-refractivity contribution in [3.8, 4) is 0 Å². The predicted molar refractivity (Wildman–Crippen MR) is 88.8 cm³/mol. The third-order valence-electron chi connectivity index (χ3n) is 3.92. The maximum Gasteiger partial charge on any atom is 0.291 e. The number of carboxylic acid groups (broad SMARTS) is 1. The van der Waals surface area contributed by atoms with Crippen molar-refractivity contribution in [2.24, 2.45) is 5.92 Å². The number of hydrogen-bond acceptors (Lipinski definition) is 5. The molecular formula is C18H19N2O5-. The summed E-state index contributed by atoms with van der Waals surface area (Å²) in [5.41, 5.74) is 0.402. The largest absolute Gasteiger partial charge is 0.548 e. The zero-order valence-corrected chi connectivity index (χ0v) is 13.9. The highest BCUT2D eigenvalue weighted by atomic mass is 16.4. The van der Waals surface area contributed by atoms with Gasteiger partial charge in [-0.1, -0.05) is 32.4 Å². The lowest BCUT2D eigenvalue weighted by Crippen LogP contribution is -2.51. The first kappa shape index (κ1) is 18.3. The second kappa shape index (κ2) is 8.14. The van der Waals surface area contributed by atoms with E-state index < -0.39 is 23.8 Å². The Kier molecular flexibility index (Phi) is 5.94. The minimum absolute atomic E-state index is 0.0995. The van der Waals surface area contributed by atoms with Crippen LogP contribution >= 0.6 is 0 Å². The summed E-state index contributed by atoms with van der Waals surface area (Å²) in [4.78, 5) is 35.9. The van der Waals surface area contributed by atoms with Crippen LogP contribution in [0.2, 0.25) is 0 Å². The second-order valence-corrected chi connectivity index (χ2v) is 5.63. The van der Waals surface area contributed by atoms with E-state index in [0.717, 1.165) is 0 Å². The summed E-state index contributed by atoms with van der Waals surface area (Å²) in [6.07, 6.45) is 1.93. The average molecular weight is 343 g/mol. The van der Waals surface area contributed by atoms with Crippen LogP contribution in [0.25, 0.3) is 0 Å². The van der Waals surface area contributed by atoms with Gasteiger partial charge in [0.25, 0.3) is 11.8 Å². The lowest BCUT2D eigenvalue weighted by Gasteiger charge is -2.25. The van der Waals surface area contributed by atoms with Crippen molar-refractivity contribution in [2.45, 2.75) is 26.3 Å². The Labute approximate surface area is 145 Å². The molecule has 1 heterocycles. The molecule has 0 spiro atoms. The quantitative estimate of drug-likeness (QED) is 0.790. The van der Waals surface area contributed by atoms with Crippen molar-refractivity contribution >= 4 is 23.5 Å². The molecule has 0 fully saturated rings. The molecule has 0 aliphatic rings. The van der Waals surface area contributed by atoms with Crippen LogP contribution in [-0.4, -0.2) is 23.8 Å². The van der Waals surface area contributed by atoms with E-state index >= 15 is 0 Å². The number of benzene rings is 1. The predicted octanol–water partition coefficient (Wildman–Crippen LogP) is 1.43. The van der Waals surface area contributed by atoms with Crippen molar-refractivity contribution in [2.75, 3.05) is 5.32 Å². The third-order valence-corrected chi connectivity index (χ3v) is 3.92. The Balaban J connectivity index is 2.20. The summed E-state index contributed by atoms with van der Waals surface area (Å²) in [5, 5.41) is 16.3. The zero-order chi connectivity index (χ0) is 18.4. The van der Waals surface area contributed by atoms with Crippen molar-refractivity contribution in [3.05, 3.63) is 54.0 Å². The van der Waals surface area contributed by atoms with Crippen LogP contribution in [-0.2, 0) is 4.79 Å². The van der Waals surface area contributed by atoms with Gasteiger partial charge in [-0.25, -0.2) is 0 Å². The SMILES string of the molecule is CC[C@H](C)[C@H](NC(=O)c1ccccc1NC(=O)c1ccco1)C(=O)[O-]. The van der Waals surface area contributed by atoms with E-state index in [9.17, 15) is 19.5 Å². The number of anilines is 1. The van der Waals surface area contributed by atoms with Crippen molar-refractivity contribution in [1.82, 2.24) is 5.32 Å². The van der Waals surface area contributed by atoms with Gasteiger partial charge in [-0.15, -0.1) is 0 Å². The molecule has 2 aromatic rings. The highest BCUT2D eigenvalue weighted by Crippen LogP contribution is 2.17. The molecule has 2 N–H and O–H groups in total. The molecule has 132 valence electrons. The van der Waals surface area contributed by atoms with Gasteiger partial charge in [0, 0.05) is 0 Å². The normalized spacial score (nSPS) is 12.9. The van der Waals surface area contributed by atoms with E-state index in [0.29, 0.717) is 6.42 Å². The van der Waals surface area contributed by atoms with Gasteiger partial charge in [0.2, 0.25) is 0 Å².